The molecule has 0 fully saturated rings. The van der Waals surface area contributed by atoms with E-state index in [1.807, 2.05) is 4.72 Å². The molecule has 0 aliphatic carbocycles. The number of hydroxylamine groups is 2. The third kappa shape index (κ3) is 4.85. The maximum absolute atomic E-state index is 13.0. The largest absolute Gasteiger partial charge is 0.417 e. The van der Waals surface area contributed by atoms with Gasteiger partial charge in [-0.25, -0.2) is 18.5 Å². The average molecular weight is 458 g/mol. The molecular formula is C15H12Cl2F3N3O4S. The van der Waals surface area contributed by atoms with Gasteiger partial charge in [-0.1, -0.05) is 23.2 Å². The van der Waals surface area contributed by atoms with E-state index in [9.17, 15) is 26.4 Å². The number of nitrogens with zero attached hydrogens (tertiary/aromatic N) is 2. The summed E-state index contributed by atoms with van der Waals surface area (Å²) < 4.78 is 66.2. The number of pyridine rings is 1. The van der Waals surface area contributed by atoms with Crippen molar-refractivity contribution in [2.45, 2.75) is 11.1 Å². The normalized spacial score (nSPS) is 12.0. The number of amides is 1. The van der Waals surface area contributed by atoms with Gasteiger partial charge in [0.15, 0.2) is 5.69 Å². The van der Waals surface area contributed by atoms with Gasteiger partial charge in [0.2, 0.25) is 0 Å². The van der Waals surface area contributed by atoms with Crippen molar-refractivity contribution in [3.8, 4) is 0 Å². The average Bonchev–Trinajstić information content (AvgIpc) is 2.59. The van der Waals surface area contributed by atoms with E-state index in [1.54, 1.807) is 0 Å². The molecule has 152 valence electrons. The van der Waals surface area contributed by atoms with Gasteiger partial charge in [-0.05, 0) is 24.3 Å². The first-order valence-corrected chi connectivity index (χ1v) is 9.48. The minimum absolute atomic E-state index is 0.0126. The minimum Gasteiger partial charge on any atom is -0.277 e. The fraction of sp³-hybridized carbons (Fsp3) is 0.200. The number of hydrogen-bond acceptors (Lipinski definition) is 5. The zero-order chi connectivity index (χ0) is 21.3. The number of hydrogen-bond donors (Lipinski definition) is 1. The van der Waals surface area contributed by atoms with Crippen molar-refractivity contribution in [2.24, 2.45) is 0 Å². The number of carbonyl (C=O) groups is 1. The number of sulfonamides is 1. The SMILES string of the molecule is CON(C)C(=O)c1ncc(Cl)cc1NS(=O)(=O)c1ccc(Cl)c(C(F)(F)F)c1. The van der Waals surface area contributed by atoms with Crippen LogP contribution < -0.4 is 4.72 Å². The Hall–Kier alpha value is -2.08. The molecule has 1 aromatic heterocycles. The number of nitrogens with one attached hydrogen (secondary N) is 1. The second-order valence-electron chi connectivity index (χ2n) is 5.28. The molecule has 1 amide bonds. The number of aromatic nitrogens is 1. The van der Waals surface area contributed by atoms with Crippen LogP contribution in [0.3, 0.4) is 0 Å². The molecule has 0 bridgehead atoms. The lowest BCUT2D eigenvalue weighted by Gasteiger charge is -2.17. The van der Waals surface area contributed by atoms with Crippen LogP contribution in [0.5, 0.6) is 0 Å². The maximum atomic E-state index is 13.0. The van der Waals surface area contributed by atoms with Crippen LogP contribution in [0.1, 0.15) is 16.1 Å². The molecule has 1 aromatic carbocycles. The lowest BCUT2D eigenvalue weighted by Crippen LogP contribution is -2.28. The molecular weight excluding hydrogens is 446 g/mol. The van der Waals surface area contributed by atoms with E-state index in [-0.39, 0.29) is 16.4 Å². The van der Waals surface area contributed by atoms with Gasteiger partial charge in [-0.3, -0.25) is 14.4 Å². The van der Waals surface area contributed by atoms with Crippen molar-refractivity contribution >= 4 is 44.8 Å². The van der Waals surface area contributed by atoms with E-state index in [1.165, 1.54) is 14.2 Å². The summed E-state index contributed by atoms with van der Waals surface area (Å²) >= 11 is 11.3. The molecule has 0 saturated carbocycles. The second kappa shape index (κ2) is 8.11. The lowest BCUT2D eigenvalue weighted by molar-refractivity contribution is -0.137. The molecule has 2 aromatic rings. The highest BCUT2D eigenvalue weighted by atomic mass is 35.5. The Morgan fingerprint density at radius 3 is 2.46 bits per heavy atom. The number of carbonyl (C=O) groups excluding carboxylic acids is 1. The number of benzene rings is 1. The van der Waals surface area contributed by atoms with Gasteiger partial charge in [0.05, 0.1) is 33.3 Å². The van der Waals surface area contributed by atoms with Gasteiger partial charge in [0.1, 0.15) is 0 Å². The monoisotopic (exact) mass is 457 g/mol. The number of rotatable bonds is 5. The summed E-state index contributed by atoms with van der Waals surface area (Å²) in [5, 5.41) is 0.104. The van der Waals surface area contributed by atoms with Crippen molar-refractivity contribution in [2.75, 3.05) is 18.9 Å². The summed E-state index contributed by atoms with van der Waals surface area (Å²) in [6.45, 7) is 0. The van der Waals surface area contributed by atoms with Crippen LogP contribution in [0.2, 0.25) is 10.0 Å². The summed E-state index contributed by atoms with van der Waals surface area (Å²) in [5.41, 5.74) is -2.04. The molecule has 0 atom stereocenters. The Morgan fingerprint density at radius 1 is 1.25 bits per heavy atom. The molecule has 0 unspecified atom stereocenters. The highest BCUT2D eigenvalue weighted by molar-refractivity contribution is 7.92. The van der Waals surface area contributed by atoms with Crippen LogP contribution in [0.15, 0.2) is 35.4 Å². The highest BCUT2D eigenvalue weighted by Crippen LogP contribution is 2.36. The molecule has 13 heteroatoms. The smallest absolute Gasteiger partial charge is 0.277 e. The lowest BCUT2D eigenvalue weighted by atomic mass is 10.2. The summed E-state index contributed by atoms with van der Waals surface area (Å²) in [5.74, 6) is -0.816. The van der Waals surface area contributed by atoms with Crippen molar-refractivity contribution in [3.05, 3.63) is 51.8 Å². The molecule has 1 heterocycles. The topological polar surface area (TPSA) is 88.6 Å². The standard InChI is InChI=1S/C15H12Cl2F3N3O4S/c1-23(27-2)14(24)13-12(5-8(16)7-21-13)22-28(25,26)9-3-4-11(17)10(6-9)15(18,19)20/h3-7,22H,1-2H3. The quantitative estimate of drug-likeness (QED) is 0.688. The van der Waals surface area contributed by atoms with Crippen molar-refractivity contribution in [1.82, 2.24) is 10.0 Å². The third-order valence-corrected chi connectivity index (χ3v) is 5.31. The van der Waals surface area contributed by atoms with Gasteiger partial charge in [0.25, 0.3) is 15.9 Å². The Morgan fingerprint density at radius 2 is 1.89 bits per heavy atom. The molecule has 0 spiro atoms. The van der Waals surface area contributed by atoms with Crippen LogP contribution in [-0.4, -0.2) is 38.5 Å². The first-order chi connectivity index (χ1) is 12.9. The molecule has 28 heavy (non-hydrogen) atoms. The van der Waals surface area contributed by atoms with Crippen LogP contribution in [-0.2, 0) is 21.0 Å². The molecule has 0 aliphatic heterocycles. The van der Waals surface area contributed by atoms with E-state index >= 15 is 0 Å². The molecule has 7 nitrogen and oxygen atoms in total. The summed E-state index contributed by atoms with van der Waals surface area (Å²) in [6, 6.07) is 3.16. The van der Waals surface area contributed by atoms with Gasteiger partial charge >= 0.3 is 6.18 Å². The second-order valence-corrected chi connectivity index (χ2v) is 7.81. The van der Waals surface area contributed by atoms with Crippen LogP contribution in [0.4, 0.5) is 18.9 Å². The van der Waals surface area contributed by atoms with E-state index in [4.69, 9.17) is 28.0 Å². The van der Waals surface area contributed by atoms with Gasteiger partial charge in [0, 0.05) is 13.2 Å². The first-order valence-electron chi connectivity index (χ1n) is 7.24. The van der Waals surface area contributed by atoms with Crippen LogP contribution in [0.25, 0.3) is 0 Å². The van der Waals surface area contributed by atoms with E-state index < -0.39 is 37.6 Å². The van der Waals surface area contributed by atoms with Gasteiger partial charge in [-0.2, -0.15) is 13.2 Å². The predicted octanol–water partition coefficient (Wildman–Crippen LogP) is 3.84. The highest BCUT2D eigenvalue weighted by Gasteiger charge is 2.34. The van der Waals surface area contributed by atoms with E-state index in [0.717, 1.165) is 29.5 Å². The number of anilines is 1. The van der Waals surface area contributed by atoms with Crippen LogP contribution in [0, 0.1) is 0 Å². The fourth-order valence-electron chi connectivity index (χ4n) is 2.01. The van der Waals surface area contributed by atoms with E-state index in [0.29, 0.717) is 6.07 Å². The molecule has 0 radical (unpaired) electrons. The Balaban J connectivity index is 2.51. The Labute approximate surface area is 168 Å². The van der Waals surface area contributed by atoms with Crippen molar-refractivity contribution in [3.63, 3.8) is 0 Å². The zero-order valence-electron chi connectivity index (χ0n) is 14.2. The first kappa shape index (κ1) is 22.2. The van der Waals surface area contributed by atoms with Gasteiger partial charge in [-0.15, -0.1) is 0 Å². The third-order valence-electron chi connectivity index (χ3n) is 3.41. The molecule has 0 saturated heterocycles. The van der Waals surface area contributed by atoms with Crippen molar-refractivity contribution in [1.29, 1.82) is 0 Å². The van der Waals surface area contributed by atoms with Crippen molar-refractivity contribution < 1.29 is 31.2 Å². The number of halogens is 5. The number of alkyl halides is 3. The van der Waals surface area contributed by atoms with Gasteiger partial charge < -0.3 is 0 Å². The zero-order valence-corrected chi connectivity index (χ0v) is 16.5. The summed E-state index contributed by atoms with van der Waals surface area (Å²) in [6.07, 6.45) is -3.76. The molecule has 2 rings (SSSR count). The Bertz CT molecular complexity index is 1020. The van der Waals surface area contributed by atoms with Crippen LogP contribution >= 0.6 is 23.2 Å². The summed E-state index contributed by atoms with van der Waals surface area (Å²) in [4.78, 5) is 20.0. The summed E-state index contributed by atoms with van der Waals surface area (Å²) in [7, 11) is -2.08. The van der Waals surface area contributed by atoms with E-state index in [2.05, 4.69) is 4.98 Å². The predicted molar refractivity (Wildman–Crippen MR) is 95.6 cm³/mol. The molecule has 1 N–H and O–H groups in total. The Kier molecular flexibility index (Phi) is 6.44. The fourth-order valence-corrected chi connectivity index (χ4v) is 3.48. The maximum Gasteiger partial charge on any atom is 0.417 e. The minimum atomic E-state index is -4.86. The molecule has 0 aliphatic rings.